The van der Waals surface area contributed by atoms with Gasteiger partial charge in [0.15, 0.2) is 0 Å². The summed E-state index contributed by atoms with van der Waals surface area (Å²) < 4.78 is 1.60. The Labute approximate surface area is 146 Å². The van der Waals surface area contributed by atoms with Gasteiger partial charge in [-0.1, -0.05) is 60.1 Å². The number of carbonyl (C=O) groups is 1. The summed E-state index contributed by atoms with van der Waals surface area (Å²) in [6.07, 6.45) is 0. The van der Waals surface area contributed by atoms with E-state index in [4.69, 9.17) is 11.6 Å². The van der Waals surface area contributed by atoms with E-state index in [0.29, 0.717) is 23.0 Å². The van der Waals surface area contributed by atoms with Crippen LogP contribution in [-0.4, -0.2) is 27.6 Å². The molecule has 0 aliphatic heterocycles. The summed E-state index contributed by atoms with van der Waals surface area (Å²) in [5.74, 6) is -0.0767. The van der Waals surface area contributed by atoms with E-state index in [9.17, 15) is 4.79 Å². The topological polar surface area (TPSA) is 38.1 Å². The highest BCUT2D eigenvalue weighted by atomic mass is 35.5. The van der Waals surface area contributed by atoms with Crippen LogP contribution in [0.4, 0.5) is 0 Å². The van der Waals surface area contributed by atoms with E-state index in [2.05, 4.69) is 5.10 Å². The second-order valence-electron chi connectivity index (χ2n) is 5.67. The maximum atomic E-state index is 12.7. The molecule has 122 valence electrons. The summed E-state index contributed by atoms with van der Waals surface area (Å²) in [6, 6.07) is 19.2. The molecule has 24 heavy (non-hydrogen) atoms. The number of rotatable bonds is 4. The van der Waals surface area contributed by atoms with Crippen molar-refractivity contribution >= 4 is 17.5 Å². The Kier molecular flexibility index (Phi) is 4.67. The number of aromatic nitrogens is 2. The second kappa shape index (κ2) is 6.89. The quantitative estimate of drug-likeness (QED) is 0.720. The summed E-state index contributed by atoms with van der Waals surface area (Å²) in [5.41, 5.74) is 3.13. The van der Waals surface area contributed by atoms with Crippen LogP contribution >= 0.6 is 11.6 Å². The lowest BCUT2D eigenvalue weighted by molar-refractivity contribution is 0.0774. The molecular weight excluding hydrogens is 322 g/mol. The molecule has 1 heterocycles. The van der Waals surface area contributed by atoms with Crippen LogP contribution in [0.2, 0.25) is 5.02 Å². The summed E-state index contributed by atoms with van der Waals surface area (Å²) in [5, 5.41) is 5.05. The minimum absolute atomic E-state index is 0.0767. The molecule has 3 aromatic rings. The molecule has 3 rings (SSSR count). The van der Waals surface area contributed by atoms with Crippen molar-refractivity contribution in [3.05, 3.63) is 76.9 Å². The molecule has 0 aliphatic rings. The van der Waals surface area contributed by atoms with Crippen LogP contribution in [0.15, 0.2) is 60.7 Å². The first-order valence-corrected chi connectivity index (χ1v) is 8.02. The first kappa shape index (κ1) is 16.3. The molecule has 0 saturated heterocycles. The molecule has 1 aromatic heterocycles. The van der Waals surface area contributed by atoms with Crippen molar-refractivity contribution in [1.29, 1.82) is 0 Å². The van der Waals surface area contributed by atoms with Crippen molar-refractivity contribution in [2.24, 2.45) is 7.05 Å². The van der Waals surface area contributed by atoms with Crippen LogP contribution < -0.4 is 0 Å². The molecule has 0 spiro atoms. The predicted molar refractivity (Wildman–Crippen MR) is 95.9 cm³/mol. The molecule has 0 N–H and O–H groups in total. The standard InChI is InChI=1S/C19H18ClN3O/c1-22(13-14-8-4-3-5-9-14)19(24)18-12-17(21-23(18)2)15-10-6-7-11-16(15)20/h3-12H,13H2,1-2H3. The first-order chi connectivity index (χ1) is 11.6. The van der Waals surface area contributed by atoms with Crippen LogP contribution in [0.5, 0.6) is 0 Å². The van der Waals surface area contributed by atoms with Gasteiger partial charge in [-0.25, -0.2) is 0 Å². The largest absolute Gasteiger partial charge is 0.336 e. The van der Waals surface area contributed by atoms with Crippen LogP contribution in [0.1, 0.15) is 16.1 Å². The minimum Gasteiger partial charge on any atom is -0.336 e. The van der Waals surface area contributed by atoms with Crippen molar-refractivity contribution in [1.82, 2.24) is 14.7 Å². The highest BCUT2D eigenvalue weighted by Crippen LogP contribution is 2.27. The monoisotopic (exact) mass is 339 g/mol. The maximum Gasteiger partial charge on any atom is 0.272 e. The Morgan fingerprint density at radius 2 is 1.79 bits per heavy atom. The van der Waals surface area contributed by atoms with Gasteiger partial charge in [-0.05, 0) is 17.7 Å². The zero-order valence-electron chi connectivity index (χ0n) is 13.6. The maximum absolute atomic E-state index is 12.7. The summed E-state index contributed by atoms with van der Waals surface area (Å²) in [4.78, 5) is 14.4. The van der Waals surface area contributed by atoms with E-state index >= 15 is 0 Å². The number of nitrogens with zero attached hydrogens (tertiary/aromatic N) is 3. The van der Waals surface area contributed by atoms with Gasteiger partial charge in [0, 0.05) is 26.2 Å². The third-order valence-corrected chi connectivity index (χ3v) is 4.19. The van der Waals surface area contributed by atoms with Gasteiger partial charge in [0.25, 0.3) is 5.91 Å². The van der Waals surface area contributed by atoms with Crippen molar-refractivity contribution in [2.45, 2.75) is 6.54 Å². The lowest BCUT2D eigenvalue weighted by Crippen LogP contribution is -2.28. The van der Waals surface area contributed by atoms with Gasteiger partial charge < -0.3 is 4.90 Å². The number of aryl methyl sites for hydroxylation is 1. The molecule has 4 nitrogen and oxygen atoms in total. The first-order valence-electron chi connectivity index (χ1n) is 7.64. The SMILES string of the molecule is CN(Cc1ccccc1)C(=O)c1cc(-c2ccccc2Cl)nn1C. The molecule has 2 aromatic carbocycles. The van der Waals surface area contributed by atoms with Gasteiger partial charge in [0.05, 0.1) is 10.7 Å². The van der Waals surface area contributed by atoms with Crippen LogP contribution in [0.25, 0.3) is 11.3 Å². The zero-order valence-corrected chi connectivity index (χ0v) is 14.4. The fourth-order valence-electron chi connectivity index (χ4n) is 2.59. The van der Waals surface area contributed by atoms with E-state index in [1.54, 1.807) is 29.7 Å². The third-order valence-electron chi connectivity index (χ3n) is 3.86. The molecular formula is C19H18ClN3O. The Hall–Kier alpha value is -2.59. The van der Waals surface area contributed by atoms with Crippen LogP contribution in [0, 0.1) is 0 Å². The smallest absolute Gasteiger partial charge is 0.272 e. The van der Waals surface area contributed by atoms with Gasteiger partial charge in [0.2, 0.25) is 0 Å². The van der Waals surface area contributed by atoms with Gasteiger partial charge in [0.1, 0.15) is 5.69 Å². The molecule has 0 saturated carbocycles. The molecule has 0 fully saturated rings. The third kappa shape index (κ3) is 3.34. The van der Waals surface area contributed by atoms with E-state index < -0.39 is 0 Å². The minimum atomic E-state index is -0.0767. The number of benzene rings is 2. The van der Waals surface area contributed by atoms with Gasteiger partial charge in [-0.3, -0.25) is 9.48 Å². The average molecular weight is 340 g/mol. The van der Waals surface area contributed by atoms with Crippen LogP contribution in [0.3, 0.4) is 0 Å². The summed E-state index contributed by atoms with van der Waals surface area (Å²) in [6.45, 7) is 0.548. The number of hydrogen-bond donors (Lipinski definition) is 0. The lowest BCUT2D eigenvalue weighted by atomic mass is 10.1. The molecule has 0 radical (unpaired) electrons. The van der Waals surface area contributed by atoms with Crippen molar-refractivity contribution in [3.63, 3.8) is 0 Å². The van der Waals surface area contributed by atoms with Gasteiger partial charge in [-0.2, -0.15) is 5.10 Å². The fraction of sp³-hybridized carbons (Fsp3) is 0.158. The van der Waals surface area contributed by atoms with E-state index in [1.807, 2.05) is 54.6 Å². The second-order valence-corrected chi connectivity index (χ2v) is 6.07. The highest BCUT2D eigenvalue weighted by molar-refractivity contribution is 6.33. The Morgan fingerprint density at radius 1 is 1.12 bits per heavy atom. The van der Waals surface area contributed by atoms with Crippen molar-refractivity contribution in [3.8, 4) is 11.3 Å². The fourth-order valence-corrected chi connectivity index (χ4v) is 2.83. The molecule has 0 atom stereocenters. The Balaban J connectivity index is 1.84. The summed E-state index contributed by atoms with van der Waals surface area (Å²) >= 11 is 6.23. The normalized spacial score (nSPS) is 10.6. The van der Waals surface area contributed by atoms with Crippen LogP contribution in [-0.2, 0) is 13.6 Å². The highest BCUT2D eigenvalue weighted by Gasteiger charge is 2.19. The molecule has 1 amide bonds. The Bertz CT molecular complexity index is 858. The average Bonchev–Trinajstić information content (AvgIpc) is 2.97. The van der Waals surface area contributed by atoms with Gasteiger partial charge >= 0.3 is 0 Å². The van der Waals surface area contributed by atoms with E-state index in [1.165, 1.54) is 0 Å². The number of amides is 1. The molecule has 0 aliphatic carbocycles. The van der Waals surface area contributed by atoms with Gasteiger partial charge in [-0.15, -0.1) is 0 Å². The molecule has 0 bridgehead atoms. The van der Waals surface area contributed by atoms with E-state index in [-0.39, 0.29) is 5.91 Å². The van der Waals surface area contributed by atoms with Crippen molar-refractivity contribution < 1.29 is 4.79 Å². The lowest BCUT2D eigenvalue weighted by Gasteiger charge is -2.17. The number of hydrogen-bond acceptors (Lipinski definition) is 2. The van der Waals surface area contributed by atoms with Crippen molar-refractivity contribution in [2.75, 3.05) is 7.05 Å². The zero-order chi connectivity index (χ0) is 17.1. The number of carbonyl (C=O) groups excluding carboxylic acids is 1. The predicted octanol–water partition coefficient (Wildman–Crippen LogP) is 4.01. The number of halogens is 1. The summed E-state index contributed by atoms with van der Waals surface area (Å²) in [7, 11) is 3.56. The van der Waals surface area contributed by atoms with E-state index in [0.717, 1.165) is 11.1 Å². The molecule has 0 unspecified atom stereocenters. The Morgan fingerprint density at radius 3 is 2.50 bits per heavy atom. The molecule has 5 heteroatoms.